The van der Waals surface area contributed by atoms with Gasteiger partial charge < -0.3 is 19.7 Å². The lowest BCUT2D eigenvalue weighted by Gasteiger charge is -2.63. The van der Waals surface area contributed by atoms with Gasteiger partial charge in [0.05, 0.1) is 30.3 Å². The maximum absolute atomic E-state index is 12.7. The van der Waals surface area contributed by atoms with Gasteiger partial charge in [-0.3, -0.25) is 9.69 Å². The number of likely N-dealkylation sites (N-methyl/N-ethyl adjacent to an activating group) is 1. The third-order valence-electron chi connectivity index (χ3n) is 6.76. The van der Waals surface area contributed by atoms with Gasteiger partial charge in [0, 0.05) is 12.0 Å². The van der Waals surface area contributed by atoms with Gasteiger partial charge in [-0.1, -0.05) is 6.07 Å². The summed E-state index contributed by atoms with van der Waals surface area (Å²) < 4.78 is 11.5. The molecular weight excluding hydrogens is 310 g/mol. The predicted molar refractivity (Wildman–Crippen MR) is 84.3 cm³/mol. The number of carbonyl (C=O) groups is 1. The quantitative estimate of drug-likeness (QED) is 0.782. The molecule has 4 aliphatic rings. The van der Waals surface area contributed by atoms with E-state index in [1.165, 1.54) is 0 Å². The molecule has 2 aliphatic carbocycles. The largest absolute Gasteiger partial charge is 0.493 e. The molecule has 2 fully saturated rings. The van der Waals surface area contributed by atoms with Crippen LogP contribution in [0.1, 0.15) is 36.5 Å². The van der Waals surface area contributed by atoms with E-state index in [1.807, 2.05) is 18.0 Å². The van der Waals surface area contributed by atoms with Crippen LogP contribution in [0.4, 0.5) is 0 Å². The number of ketones is 1. The topological polar surface area (TPSA) is 79.2 Å². The molecule has 0 aromatic heterocycles. The summed E-state index contributed by atoms with van der Waals surface area (Å²) in [5.41, 5.74) is -0.413. The van der Waals surface area contributed by atoms with Gasteiger partial charge in [0.25, 0.3) is 0 Å². The lowest BCUT2D eigenvalue weighted by molar-refractivity contribution is -0.206. The lowest BCUT2D eigenvalue weighted by atomic mass is 9.48. The van der Waals surface area contributed by atoms with E-state index < -0.39 is 29.3 Å². The van der Waals surface area contributed by atoms with E-state index in [2.05, 4.69) is 0 Å². The zero-order chi connectivity index (χ0) is 16.9. The Morgan fingerprint density at radius 1 is 1.38 bits per heavy atom. The number of piperidine rings is 1. The molecule has 5 rings (SSSR count). The van der Waals surface area contributed by atoms with E-state index in [-0.39, 0.29) is 12.2 Å². The van der Waals surface area contributed by atoms with Gasteiger partial charge >= 0.3 is 0 Å². The summed E-state index contributed by atoms with van der Waals surface area (Å²) in [5.74, 6) is 1.11. The molecular formula is C18H21NO5. The molecule has 6 nitrogen and oxygen atoms in total. The molecule has 2 aliphatic heterocycles. The van der Waals surface area contributed by atoms with E-state index in [9.17, 15) is 15.0 Å². The molecule has 1 saturated heterocycles. The van der Waals surface area contributed by atoms with Crippen LogP contribution in [0.2, 0.25) is 0 Å². The van der Waals surface area contributed by atoms with Crippen LogP contribution in [0.15, 0.2) is 12.1 Å². The van der Waals surface area contributed by atoms with E-state index in [1.54, 1.807) is 13.2 Å². The molecule has 0 radical (unpaired) electrons. The highest BCUT2D eigenvalue weighted by molar-refractivity contribution is 5.90. The highest BCUT2D eigenvalue weighted by Crippen LogP contribution is 2.66. The van der Waals surface area contributed by atoms with Crippen LogP contribution >= 0.6 is 0 Å². The maximum atomic E-state index is 12.7. The first-order valence-corrected chi connectivity index (χ1v) is 8.47. The third-order valence-corrected chi connectivity index (χ3v) is 6.76. The number of Topliss-reactive ketones (excluding diaryl/α,β-unsaturated/α-hetero) is 1. The standard InChI is InChI=1S/C18H21NO5/c1-19-8-7-17-12-9-3-4-11(23-2)14(12)24-16(17)10(20)5-6-18(17,22)15(19)13(9)21/h3-4,13,15-16,21-22H,5-8H2,1-2H3/t13-,15+,16-,17-,18+/m0/s1. The minimum Gasteiger partial charge on any atom is -0.493 e. The fourth-order valence-electron chi connectivity index (χ4n) is 5.78. The smallest absolute Gasteiger partial charge is 0.174 e. The first-order valence-electron chi connectivity index (χ1n) is 8.47. The number of methoxy groups -OCH3 is 1. The molecule has 2 bridgehead atoms. The SMILES string of the molecule is COc1ccc2c3c1O[C@H]1C(=O)CC[C@@]4(O)[C@@H]([C@H]2O)N(C)CC[C@]314. The van der Waals surface area contributed by atoms with Crippen molar-refractivity contribution in [2.24, 2.45) is 0 Å². The summed E-state index contributed by atoms with van der Waals surface area (Å²) in [4.78, 5) is 14.7. The van der Waals surface area contributed by atoms with Gasteiger partial charge in [0.15, 0.2) is 23.4 Å². The first kappa shape index (κ1) is 14.7. The maximum Gasteiger partial charge on any atom is 0.174 e. The summed E-state index contributed by atoms with van der Waals surface area (Å²) in [5, 5.41) is 22.8. The molecule has 24 heavy (non-hydrogen) atoms. The molecule has 1 aromatic carbocycles. The number of hydrogen-bond acceptors (Lipinski definition) is 6. The van der Waals surface area contributed by atoms with Gasteiger partial charge in [0.2, 0.25) is 0 Å². The summed E-state index contributed by atoms with van der Waals surface area (Å²) in [6.45, 7) is 0.702. The van der Waals surface area contributed by atoms with Crippen LogP contribution < -0.4 is 9.47 Å². The normalized spacial score (nSPS) is 42.5. The van der Waals surface area contributed by atoms with Crippen molar-refractivity contribution in [3.8, 4) is 11.5 Å². The molecule has 1 spiro atoms. The van der Waals surface area contributed by atoms with Crippen molar-refractivity contribution in [1.29, 1.82) is 0 Å². The van der Waals surface area contributed by atoms with Crippen molar-refractivity contribution in [1.82, 2.24) is 4.90 Å². The number of aliphatic hydroxyl groups is 2. The Kier molecular flexibility index (Phi) is 2.64. The summed E-state index contributed by atoms with van der Waals surface area (Å²) >= 11 is 0. The second-order valence-corrected chi connectivity index (χ2v) is 7.54. The van der Waals surface area contributed by atoms with E-state index >= 15 is 0 Å². The number of benzene rings is 1. The average molecular weight is 331 g/mol. The molecule has 5 atom stereocenters. The van der Waals surface area contributed by atoms with Crippen molar-refractivity contribution >= 4 is 5.78 Å². The number of hydrogen-bond donors (Lipinski definition) is 2. The second kappa shape index (κ2) is 4.31. The number of carbonyl (C=O) groups excluding carboxylic acids is 1. The Morgan fingerprint density at radius 2 is 2.17 bits per heavy atom. The molecule has 2 N–H and O–H groups in total. The van der Waals surface area contributed by atoms with E-state index in [4.69, 9.17) is 9.47 Å². The Hall–Kier alpha value is -1.63. The predicted octanol–water partition coefficient (Wildman–Crippen LogP) is 0.539. The monoisotopic (exact) mass is 331 g/mol. The van der Waals surface area contributed by atoms with Crippen molar-refractivity contribution < 1.29 is 24.5 Å². The number of nitrogens with zero attached hydrogens (tertiary/aromatic N) is 1. The highest BCUT2D eigenvalue weighted by atomic mass is 16.5. The Labute approximate surface area is 140 Å². The van der Waals surface area contributed by atoms with E-state index in [0.29, 0.717) is 30.9 Å². The zero-order valence-electron chi connectivity index (χ0n) is 13.8. The summed E-state index contributed by atoms with van der Waals surface area (Å²) in [6.07, 6.45) is -0.250. The van der Waals surface area contributed by atoms with Gasteiger partial charge in [-0.15, -0.1) is 0 Å². The molecule has 6 heteroatoms. The lowest BCUT2D eigenvalue weighted by Crippen LogP contribution is -2.76. The first-order chi connectivity index (χ1) is 11.5. The van der Waals surface area contributed by atoms with Crippen LogP contribution in [-0.2, 0) is 10.2 Å². The summed E-state index contributed by atoms with van der Waals surface area (Å²) in [6, 6.07) is 3.19. The Balaban J connectivity index is 1.89. The minimum absolute atomic E-state index is 0.0311. The van der Waals surface area contributed by atoms with Gasteiger partial charge in [-0.05, 0) is 38.1 Å². The molecule has 0 amide bonds. The zero-order valence-corrected chi connectivity index (χ0v) is 13.8. The molecule has 0 unspecified atom stereocenters. The highest BCUT2D eigenvalue weighted by Gasteiger charge is 2.74. The summed E-state index contributed by atoms with van der Waals surface area (Å²) in [7, 11) is 3.49. The fraction of sp³-hybridized carbons (Fsp3) is 0.611. The van der Waals surface area contributed by atoms with Crippen molar-refractivity contribution in [2.45, 2.75) is 48.5 Å². The van der Waals surface area contributed by atoms with Crippen molar-refractivity contribution in [2.75, 3.05) is 20.7 Å². The Bertz CT molecular complexity index is 764. The molecule has 128 valence electrons. The van der Waals surface area contributed by atoms with Crippen molar-refractivity contribution in [3.63, 3.8) is 0 Å². The van der Waals surface area contributed by atoms with Gasteiger partial charge in [-0.25, -0.2) is 0 Å². The molecule has 1 saturated carbocycles. The number of aliphatic hydroxyl groups excluding tert-OH is 1. The van der Waals surface area contributed by atoms with Crippen molar-refractivity contribution in [3.05, 3.63) is 23.3 Å². The number of rotatable bonds is 1. The number of ether oxygens (including phenoxy) is 2. The van der Waals surface area contributed by atoms with Crippen LogP contribution in [-0.4, -0.2) is 59.3 Å². The molecule has 2 heterocycles. The fourth-order valence-corrected chi connectivity index (χ4v) is 5.78. The minimum atomic E-state index is -1.18. The van der Waals surface area contributed by atoms with Gasteiger partial charge in [-0.2, -0.15) is 0 Å². The second-order valence-electron chi connectivity index (χ2n) is 7.54. The average Bonchev–Trinajstić information content (AvgIpc) is 2.92. The molecule has 1 aromatic rings. The third kappa shape index (κ3) is 1.31. The van der Waals surface area contributed by atoms with Crippen LogP contribution in [0, 0.1) is 0 Å². The van der Waals surface area contributed by atoms with E-state index in [0.717, 1.165) is 11.1 Å². The van der Waals surface area contributed by atoms with Gasteiger partial charge in [0.1, 0.15) is 0 Å². The van der Waals surface area contributed by atoms with Crippen LogP contribution in [0.5, 0.6) is 11.5 Å². The Morgan fingerprint density at radius 3 is 2.92 bits per heavy atom. The number of likely N-dealkylation sites (tertiary alicyclic amines) is 1. The van der Waals surface area contributed by atoms with Crippen LogP contribution in [0.25, 0.3) is 0 Å². The van der Waals surface area contributed by atoms with Crippen LogP contribution in [0.3, 0.4) is 0 Å².